The minimum atomic E-state index is -0.767. The average molecular weight is 258 g/mol. The molecule has 1 fully saturated rings. The molecular weight excluding hydrogens is 244 g/mol. The molecule has 2 unspecified atom stereocenters. The van der Waals surface area contributed by atoms with E-state index < -0.39 is 5.97 Å². The number of nitrogens with one attached hydrogen (secondary N) is 1. The predicted molar refractivity (Wildman–Crippen MR) is 69.9 cm³/mol. The minimum absolute atomic E-state index is 0.00611. The molecule has 1 aromatic carbocycles. The van der Waals surface area contributed by atoms with Crippen LogP contribution in [-0.4, -0.2) is 27.7 Å². The van der Waals surface area contributed by atoms with Gasteiger partial charge in [-0.3, -0.25) is 9.78 Å². The molecule has 0 amide bonds. The van der Waals surface area contributed by atoms with Gasteiger partial charge in [0.25, 0.3) is 0 Å². The van der Waals surface area contributed by atoms with Crippen molar-refractivity contribution in [3.63, 3.8) is 0 Å². The summed E-state index contributed by atoms with van der Waals surface area (Å²) in [7, 11) is 0. The summed E-state index contributed by atoms with van der Waals surface area (Å²) in [6.07, 6.45) is 2.19. The molecule has 2 atom stereocenters. The number of hydrogen-bond donors (Lipinski definition) is 3. The number of phenols is 1. The highest BCUT2D eigenvalue weighted by Crippen LogP contribution is 2.34. The lowest BCUT2D eigenvalue weighted by Gasteiger charge is -2.14. The summed E-state index contributed by atoms with van der Waals surface area (Å²) in [5.74, 6) is -0.978. The number of aromatic hydroxyl groups is 1. The van der Waals surface area contributed by atoms with Crippen molar-refractivity contribution in [2.75, 3.05) is 6.54 Å². The van der Waals surface area contributed by atoms with E-state index in [4.69, 9.17) is 5.11 Å². The van der Waals surface area contributed by atoms with Crippen molar-refractivity contribution >= 4 is 16.9 Å². The third-order valence-corrected chi connectivity index (χ3v) is 3.64. The highest BCUT2D eigenvalue weighted by atomic mass is 16.4. The fraction of sp³-hybridized carbons (Fsp3) is 0.286. The van der Waals surface area contributed by atoms with Gasteiger partial charge in [-0.2, -0.15) is 0 Å². The summed E-state index contributed by atoms with van der Waals surface area (Å²) in [5, 5.41) is 22.9. The molecule has 0 bridgehead atoms. The fourth-order valence-electron chi connectivity index (χ4n) is 2.64. The number of rotatable bonds is 2. The number of phenolic OH excluding ortho intramolecular Hbond substituents is 1. The zero-order valence-corrected chi connectivity index (χ0v) is 10.2. The molecule has 0 aliphatic carbocycles. The molecule has 1 saturated heterocycles. The zero-order chi connectivity index (χ0) is 13.4. The van der Waals surface area contributed by atoms with Crippen molar-refractivity contribution in [1.29, 1.82) is 0 Å². The van der Waals surface area contributed by atoms with Crippen LogP contribution in [0.25, 0.3) is 10.9 Å². The normalized spacial score (nSPS) is 22.7. The van der Waals surface area contributed by atoms with Crippen molar-refractivity contribution in [1.82, 2.24) is 10.3 Å². The predicted octanol–water partition coefficient (Wildman–Crippen LogP) is 1.68. The molecule has 5 nitrogen and oxygen atoms in total. The number of nitrogens with zero attached hydrogens (tertiary/aromatic N) is 1. The largest absolute Gasteiger partial charge is 0.506 e. The number of hydrogen-bond acceptors (Lipinski definition) is 4. The number of carboxylic acids is 1. The Morgan fingerprint density at radius 1 is 1.37 bits per heavy atom. The Morgan fingerprint density at radius 2 is 2.21 bits per heavy atom. The fourth-order valence-corrected chi connectivity index (χ4v) is 2.64. The Kier molecular flexibility index (Phi) is 2.83. The van der Waals surface area contributed by atoms with E-state index in [1.54, 1.807) is 12.3 Å². The van der Waals surface area contributed by atoms with Crippen molar-refractivity contribution in [3.8, 4) is 5.75 Å². The quantitative estimate of drug-likeness (QED) is 0.763. The molecule has 1 aliphatic rings. The lowest BCUT2D eigenvalue weighted by atomic mass is 9.96. The second-order valence-electron chi connectivity index (χ2n) is 4.81. The first-order chi connectivity index (χ1) is 9.16. The molecule has 98 valence electrons. The molecule has 0 radical (unpaired) electrons. The van der Waals surface area contributed by atoms with Crippen LogP contribution in [0.1, 0.15) is 18.0 Å². The summed E-state index contributed by atoms with van der Waals surface area (Å²) < 4.78 is 0. The molecule has 2 aromatic rings. The van der Waals surface area contributed by atoms with Gasteiger partial charge in [0.1, 0.15) is 11.3 Å². The molecule has 0 spiro atoms. The smallest absolute Gasteiger partial charge is 0.307 e. The maximum absolute atomic E-state index is 11.0. The van der Waals surface area contributed by atoms with E-state index in [9.17, 15) is 9.90 Å². The van der Waals surface area contributed by atoms with Gasteiger partial charge in [-0.1, -0.05) is 12.1 Å². The molecule has 2 heterocycles. The van der Waals surface area contributed by atoms with E-state index in [2.05, 4.69) is 10.3 Å². The van der Waals surface area contributed by atoms with E-state index in [1.165, 1.54) is 0 Å². The van der Waals surface area contributed by atoms with Crippen LogP contribution in [0.3, 0.4) is 0 Å². The average Bonchev–Trinajstić information content (AvgIpc) is 2.89. The molecule has 5 heteroatoms. The lowest BCUT2D eigenvalue weighted by molar-refractivity contribution is -0.141. The Balaban J connectivity index is 2.02. The molecule has 1 aliphatic heterocycles. The SMILES string of the molecule is O=C(O)C1CNC(c2ccc(O)c3ncccc23)C1. The van der Waals surface area contributed by atoms with Crippen LogP contribution in [0.5, 0.6) is 5.75 Å². The van der Waals surface area contributed by atoms with Crippen LogP contribution in [0.2, 0.25) is 0 Å². The van der Waals surface area contributed by atoms with Crippen LogP contribution in [-0.2, 0) is 4.79 Å². The van der Waals surface area contributed by atoms with Crippen molar-refractivity contribution in [2.45, 2.75) is 12.5 Å². The Hall–Kier alpha value is -2.14. The van der Waals surface area contributed by atoms with Crippen molar-refractivity contribution < 1.29 is 15.0 Å². The first-order valence-corrected chi connectivity index (χ1v) is 6.19. The Labute approximate surface area is 109 Å². The number of aromatic nitrogens is 1. The minimum Gasteiger partial charge on any atom is -0.506 e. The van der Waals surface area contributed by atoms with Crippen LogP contribution < -0.4 is 5.32 Å². The summed E-state index contributed by atoms with van der Waals surface area (Å²) in [6, 6.07) is 7.15. The number of benzene rings is 1. The van der Waals surface area contributed by atoms with Gasteiger partial charge in [0.05, 0.1) is 5.92 Å². The van der Waals surface area contributed by atoms with Crippen LogP contribution in [0.4, 0.5) is 0 Å². The zero-order valence-electron chi connectivity index (χ0n) is 10.2. The molecular formula is C14H14N2O3. The van der Waals surface area contributed by atoms with Gasteiger partial charge in [-0.15, -0.1) is 0 Å². The number of pyridine rings is 1. The van der Waals surface area contributed by atoms with E-state index in [-0.39, 0.29) is 17.7 Å². The third kappa shape index (κ3) is 2.02. The van der Waals surface area contributed by atoms with E-state index in [0.29, 0.717) is 18.5 Å². The number of carboxylic acid groups (broad SMARTS) is 1. The molecule has 0 saturated carbocycles. The summed E-state index contributed by atoms with van der Waals surface area (Å²) in [6.45, 7) is 0.475. The van der Waals surface area contributed by atoms with Gasteiger partial charge in [-0.25, -0.2) is 0 Å². The van der Waals surface area contributed by atoms with Gasteiger partial charge < -0.3 is 15.5 Å². The first kappa shape index (κ1) is 11.9. The van der Waals surface area contributed by atoms with Crippen LogP contribution >= 0.6 is 0 Å². The molecule has 3 N–H and O–H groups in total. The maximum atomic E-state index is 11.0. The highest BCUT2D eigenvalue weighted by molar-refractivity contribution is 5.87. The molecule has 1 aromatic heterocycles. The highest BCUT2D eigenvalue weighted by Gasteiger charge is 2.31. The van der Waals surface area contributed by atoms with Gasteiger partial charge in [0, 0.05) is 24.2 Å². The molecule has 3 rings (SSSR count). The van der Waals surface area contributed by atoms with Gasteiger partial charge in [0.2, 0.25) is 0 Å². The summed E-state index contributed by atoms with van der Waals surface area (Å²) in [4.78, 5) is 15.2. The lowest BCUT2D eigenvalue weighted by Crippen LogP contribution is -2.17. The number of aliphatic carboxylic acids is 1. The maximum Gasteiger partial charge on any atom is 0.307 e. The summed E-state index contributed by atoms with van der Waals surface area (Å²) >= 11 is 0. The molecule has 19 heavy (non-hydrogen) atoms. The monoisotopic (exact) mass is 258 g/mol. The van der Waals surface area contributed by atoms with Gasteiger partial charge in [0.15, 0.2) is 0 Å². The second kappa shape index (κ2) is 4.51. The van der Waals surface area contributed by atoms with Crippen molar-refractivity contribution in [3.05, 3.63) is 36.0 Å². The van der Waals surface area contributed by atoms with E-state index in [1.807, 2.05) is 18.2 Å². The Bertz CT molecular complexity index is 642. The van der Waals surface area contributed by atoms with Crippen molar-refractivity contribution in [2.24, 2.45) is 5.92 Å². The number of fused-ring (bicyclic) bond motifs is 1. The topological polar surface area (TPSA) is 82.5 Å². The second-order valence-corrected chi connectivity index (χ2v) is 4.81. The van der Waals surface area contributed by atoms with E-state index >= 15 is 0 Å². The third-order valence-electron chi connectivity index (χ3n) is 3.64. The first-order valence-electron chi connectivity index (χ1n) is 6.19. The Morgan fingerprint density at radius 3 is 2.95 bits per heavy atom. The number of carbonyl (C=O) groups is 1. The standard InChI is InChI=1S/C14H14N2O3/c17-12-4-3-9(10-2-1-5-15-13(10)12)11-6-8(7-16-11)14(18)19/h1-5,8,11,16-17H,6-7H2,(H,18,19). The van der Waals surface area contributed by atoms with Crippen LogP contribution in [0, 0.1) is 5.92 Å². The summed E-state index contributed by atoms with van der Waals surface area (Å²) in [5.41, 5.74) is 1.55. The van der Waals surface area contributed by atoms with Gasteiger partial charge >= 0.3 is 5.97 Å². The van der Waals surface area contributed by atoms with Crippen LogP contribution in [0.15, 0.2) is 30.5 Å². The van der Waals surface area contributed by atoms with E-state index in [0.717, 1.165) is 10.9 Å². The van der Waals surface area contributed by atoms with Gasteiger partial charge in [-0.05, 0) is 24.1 Å².